The summed E-state index contributed by atoms with van der Waals surface area (Å²) in [5.74, 6) is 0.557. The van der Waals surface area contributed by atoms with Crippen LogP contribution in [0.25, 0.3) is 0 Å². The van der Waals surface area contributed by atoms with Gasteiger partial charge in [0.15, 0.2) is 0 Å². The van der Waals surface area contributed by atoms with Crippen LogP contribution in [0.1, 0.15) is 20.3 Å². The number of hydrogen-bond donors (Lipinski definition) is 3. The monoisotopic (exact) mass is 313 g/mol. The molecule has 0 fully saturated rings. The van der Waals surface area contributed by atoms with Crippen LogP contribution in [0.5, 0.6) is 0 Å². The molecule has 0 amide bonds. The molecule has 0 spiro atoms. The minimum absolute atomic E-state index is 0.0194. The summed E-state index contributed by atoms with van der Waals surface area (Å²) in [7, 11) is 0. The van der Waals surface area contributed by atoms with Crippen LogP contribution in [-0.2, 0) is 0 Å². The van der Waals surface area contributed by atoms with Crippen LogP contribution in [0, 0.1) is 10.1 Å². The van der Waals surface area contributed by atoms with Gasteiger partial charge in [0.25, 0.3) is 0 Å². The number of anilines is 2. The highest BCUT2D eigenvalue weighted by Gasteiger charge is 2.23. The molecule has 0 saturated heterocycles. The average molecular weight is 313 g/mol. The molecule has 3 N–H and O–H groups in total. The Kier molecular flexibility index (Phi) is 6.77. The van der Waals surface area contributed by atoms with Gasteiger partial charge in [-0.25, -0.2) is 0 Å². The molecular formula is C14H23N3O3S. The summed E-state index contributed by atoms with van der Waals surface area (Å²) in [6, 6.07) is 5.11. The van der Waals surface area contributed by atoms with Gasteiger partial charge in [-0.1, -0.05) is 13.0 Å². The van der Waals surface area contributed by atoms with Crippen LogP contribution in [0.15, 0.2) is 18.2 Å². The number of rotatable bonds is 9. The molecule has 6 nitrogen and oxygen atoms in total. The third-order valence-corrected chi connectivity index (χ3v) is 3.81. The molecule has 0 aliphatic carbocycles. The van der Waals surface area contributed by atoms with E-state index in [-0.39, 0.29) is 12.2 Å². The maximum absolute atomic E-state index is 11.3. The molecule has 0 heterocycles. The number of para-hydroxylation sites is 1. The molecule has 21 heavy (non-hydrogen) atoms. The van der Waals surface area contributed by atoms with E-state index < -0.39 is 10.5 Å². The topological polar surface area (TPSA) is 87.4 Å². The molecule has 0 bridgehead atoms. The van der Waals surface area contributed by atoms with Gasteiger partial charge >= 0.3 is 5.69 Å². The fourth-order valence-electron chi connectivity index (χ4n) is 1.93. The van der Waals surface area contributed by atoms with E-state index in [2.05, 4.69) is 10.6 Å². The van der Waals surface area contributed by atoms with Crippen molar-refractivity contribution in [1.29, 1.82) is 0 Å². The SMILES string of the molecule is CCCNc1cccc(NCC(C)(O)CSC)c1[N+](=O)[O-]. The van der Waals surface area contributed by atoms with Crippen LogP contribution in [-0.4, -0.2) is 40.7 Å². The number of nitrogens with zero attached hydrogens (tertiary/aromatic N) is 1. The van der Waals surface area contributed by atoms with E-state index >= 15 is 0 Å². The molecule has 1 aromatic carbocycles. The minimum Gasteiger partial charge on any atom is -0.387 e. The van der Waals surface area contributed by atoms with Crippen molar-refractivity contribution >= 4 is 28.8 Å². The quantitative estimate of drug-likeness (QED) is 0.480. The first kappa shape index (κ1) is 17.6. The Labute approximate surface area is 129 Å². The Morgan fingerprint density at radius 2 is 2.00 bits per heavy atom. The maximum Gasteiger partial charge on any atom is 0.315 e. The highest BCUT2D eigenvalue weighted by molar-refractivity contribution is 7.98. The van der Waals surface area contributed by atoms with E-state index in [1.54, 1.807) is 25.1 Å². The minimum atomic E-state index is -0.917. The van der Waals surface area contributed by atoms with Crippen LogP contribution in [0.4, 0.5) is 17.1 Å². The lowest BCUT2D eigenvalue weighted by atomic mass is 10.1. The summed E-state index contributed by atoms with van der Waals surface area (Å²) in [6.07, 6.45) is 2.80. The predicted octanol–water partition coefficient (Wildman–Crippen LogP) is 2.94. The normalized spacial score (nSPS) is 13.5. The molecule has 0 aliphatic heterocycles. The molecule has 1 aromatic rings. The molecule has 0 aliphatic rings. The molecule has 0 aromatic heterocycles. The first-order valence-electron chi connectivity index (χ1n) is 6.87. The van der Waals surface area contributed by atoms with Crippen molar-refractivity contribution < 1.29 is 10.0 Å². The van der Waals surface area contributed by atoms with Gasteiger partial charge in [0.2, 0.25) is 0 Å². The second-order valence-corrected chi connectivity index (χ2v) is 6.04. The lowest BCUT2D eigenvalue weighted by Crippen LogP contribution is -2.36. The summed E-state index contributed by atoms with van der Waals surface area (Å²) in [5, 5.41) is 27.5. The third-order valence-electron chi connectivity index (χ3n) is 2.90. The lowest BCUT2D eigenvalue weighted by Gasteiger charge is -2.23. The van der Waals surface area contributed by atoms with E-state index in [0.29, 0.717) is 23.7 Å². The van der Waals surface area contributed by atoms with E-state index in [1.165, 1.54) is 11.8 Å². The van der Waals surface area contributed by atoms with Crippen molar-refractivity contribution in [2.24, 2.45) is 0 Å². The summed E-state index contributed by atoms with van der Waals surface area (Å²) >= 11 is 1.53. The van der Waals surface area contributed by atoms with E-state index in [9.17, 15) is 15.2 Å². The average Bonchev–Trinajstić information content (AvgIpc) is 2.42. The highest BCUT2D eigenvalue weighted by Crippen LogP contribution is 2.33. The number of aliphatic hydroxyl groups is 1. The molecule has 118 valence electrons. The summed E-state index contributed by atoms with van der Waals surface area (Å²) in [5.41, 5.74) is 0.0184. The predicted molar refractivity (Wildman–Crippen MR) is 89.4 cm³/mol. The molecule has 1 unspecified atom stereocenters. The van der Waals surface area contributed by atoms with Gasteiger partial charge in [-0.15, -0.1) is 0 Å². The smallest absolute Gasteiger partial charge is 0.315 e. The first-order valence-corrected chi connectivity index (χ1v) is 8.27. The van der Waals surface area contributed by atoms with E-state index in [4.69, 9.17) is 0 Å². The third kappa shape index (κ3) is 5.43. The zero-order chi connectivity index (χ0) is 15.9. The van der Waals surface area contributed by atoms with Crippen molar-refractivity contribution in [2.45, 2.75) is 25.9 Å². The first-order chi connectivity index (χ1) is 9.91. The van der Waals surface area contributed by atoms with E-state index in [1.807, 2.05) is 13.2 Å². The Balaban J connectivity index is 2.93. The summed E-state index contributed by atoms with van der Waals surface area (Å²) < 4.78 is 0. The van der Waals surface area contributed by atoms with Gasteiger partial charge in [-0.2, -0.15) is 11.8 Å². The Bertz CT molecular complexity index is 481. The fourth-order valence-corrected chi connectivity index (χ4v) is 2.66. The number of hydrogen-bond acceptors (Lipinski definition) is 6. The number of nitrogens with one attached hydrogen (secondary N) is 2. The van der Waals surface area contributed by atoms with Crippen molar-refractivity contribution in [2.75, 3.05) is 35.7 Å². The van der Waals surface area contributed by atoms with Gasteiger partial charge in [0, 0.05) is 18.8 Å². The summed E-state index contributed by atoms with van der Waals surface area (Å²) in [6.45, 7) is 4.64. The zero-order valence-corrected chi connectivity index (χ0v) is 13.5. The lowest BCUT2D eigenvalue weighted by molar-refractivity contribution is -0.383. The molecule has 1 atom stereocenters. The van der Waals surface area contributed by atoms with Crippen molar-refractivity contribution in [3.63, 3.8) is 0 Å². The number of thioether (sulfide) groups is 1. The van der Waals surface area contributed by atoms with Gasteiger partial charge in [-0.3, -0.25) is 10.1 Å². The Morgan fingerprint density at radius 3 is 2.52 bits per heavy atom. The number of nitro groups is 1. The van der Waals surface area contributed by atoms with Gasteiger partial charge in [0.1, 0.15) is 11.4 Å². The van der Waals surface area contributed by atoms with E-state index in [0.717, 1.165) is 6.42 Å². The second-order valence-electron chi connectivity index (χ2n) is 5.17. The van der Waals surface area contributed by atoms with Crippen LogP contribution in [0.3, 0.4) is 0 Å². The standard InChI is InChI=1S/C14H23N3O3S/c1-4-8-15-11-6-5-7-12(13(11)17(19)20)16-9-14(2,18)10-21-3/h5-7,15-16,18H,4,8-10H2,1-3H3. The number of benzene rings is 1. The molecule has 1 rings (SSSR count). The van der Waals surface area contributed by atoms with Crippen LogP contribution >= 0.6 is 11.8 Å². The Hall–Kier alpha value is -1.47. The molecular weight excluding hydrogens is 290 g/mol. The highest BCUT2D eigenvalue weighted by atomic mass is 32.2. The maximum atomic E-state index is 11.3. The number of nitro benzene ring substituents is 1. The zero-order valence-electron chi connectivity index (χ0n) is 12.7. The van der Waals surface area contributed by atoms with Gasteiger partial charge < -0.3 is 15.7 Å². The molecule has 7 heteroatoms. The van der Waals surface area contributed by atoms with Gasteiger partial charge in [-0.05, 0) is 31.7 Å². The Morgan fingerprint density at radius 1 is 1.38 bits per heavy atom. The largest absolute Gasteiger partial charge is 0.387 e. The van der Waals surface area contributed by atoms with Crippen LogP contribution in [0.2, 0.25) is 0 Å². The molecule has 0 radical (unpaired) electrons. The molecule has 0 saturated carbocycles. The summed E-state index contributed by atoms with van der Waals surface area (Å²) in [4.78, 5) is 10.9. The van der Waals surface area contributed by atoms with Crippen molar-refractivity contribution in [3.05, 3.63) is 28.3 Å². The van der Waals surface area contributed by atoms with Crippen LogP contribution < -0.4 is 10.6 Å². The second kappa shape index (κ2) is 8.09. The van der Waals surface area contributed by atoms with Crippen molar-refractivity contribution in [1.82, 2.24) is 0 Å². The van der Waals surface area contributed by atoms with Crippen molar-refractivity contribution in [3.8, 4) is 0 Å². The fraction of sp³-hybridized carbons (Fsp3) is 0.571. The van der Waals surface area contributed by atoms with Gasteiger partial charge in [0.05, 0.1) is 10.5 Å².